The van der Waals surface area contributed by atoms with E-state index in [0.29, 0.717) is 17.1 Å². The molecule has 0 saturated heterocycles. The predicted octanol–water partition coefficient (Wildman–Crippen LogP) is 2.84. The second-order valence-electron chi connectivity index (χ2n) is 5.12. The average molecular weight is 301 g/mol. The molecule has 2 aromatic carbocycles. The van der Waals surface area contributed by atoms with Crippen LogP contribution in [0.4, 0.5) is 4.39 Å². The van der Waals surface area contributed by atoms with Crippen LogP contribution in [0.2, 0.25) is 0 Å². The molecule has 0 unspecified atom stereocenters. The molecule has 1 amide bonds. The predicted molar refractivity (Wildman–Crippen MR) is 79.3 cm³/mol. The van der Waals surface area contributed by atoms with Gasteiger partial charge in [0.15, 0.2) is 11.5 Å². The molecule has 0 spiro atoms. The maximum atomic E-state index is 13.7. The molecule has 0 radical (unpaired) electrons. The van der Waals surface area contributed by atoms with Crippen LogP contribution in [0.15, 0.2) is 48.5 Å². The minimum atomic E-state index is -0.746. The average Bonchev–Trinajstić information content (AvgIpc) is 2.54. The number of nitrogens with one attached hydrogen (secondary N) is 1. The van der Waals surface area contributed by atoms with Gasteiger partial charge in [-0.25, -0.2) is 4.39 Å². The Labute approximate surface area is 127 Å². The molecule has 1 N–H and O–H groups in total. The van der Waals surface area contributed by atoms with Crippen LogP contribution in [0.3, 0.4) is 0 Å². The van der Waals surface area contributed by atoms with Crippen molar-refractivity contribution in [2.75, 3.05) is 6.61 Å². The zero-order valence-electron chi connectivity index (χ0n) is 12.1. The molecule has 1 heterocycles. The molecule has 3 rings (SSSR count). The number of para-hydroxylation sites is 2. The zero-order chi connectivity index (χ0) is 15.5. The van der Waals surface area contributed by atoms with Gasteiger partial charge in [-0.15, -0.1) is 0 Å². The molecule has 2 atom stereocenters. The first-order chi connectivity index (χ1) is 10.6. The van der Waals surface area contributed by atoms with Crippen molar-refractivity contribution in [1.29, 1.82) is 0 Å². The monoisotopic (exact) mass is 301 g/mol. The van der Waals surface area contributed by atoms with Crippen LogP contribution < -0.4 is 14.8 Å². The fourth-order valence-corrected chi connectivity index (χ4v) is 2.36. The van der Waals surface area contributed by atoms with Crippen molar-refractivity contribution in [2.45, 2.75) is 19.1 Å². The van der Waals surface area contributed by atoms with Gasteiger partial charge in [0.25, 0.3) is 5.91 Å². The van der Waals surface area contributed by atoms with E-state index in [-0.39, 0.29) is 18.3 Å². The number of benzene rings is 2. The highest BCUT2D eigenvalue weighted by molar-refractivity contribution is 5.82. The Morgan fingerprint density at radius 3 is 2.64 bits per heavy atom. The maximum absolute atomic E-state index is 13.7. The van der Waals surface area contributed by atoms with E-state index in [4.69, 9.17) is 9.47 Å². The van der Waals surface area contributed by atoms with Crippen molar-refractivity contribution in [3.63, 3.8) is 0 Å². The first-order valence-corrected chi connectivity index (χ1v) is 7.08. The van der Waals surface area contributed by atoms with E-state index < -0.39 is 12.1 Å². The minimum Gasteiger partial charge on any atom is -0.485 e. The topological polar surface area (TPSA) is 47.6 Å². The quantitative estimate of drug-likeness (QED) is 0.948. The van der Waals surface area contributed by atoms with Crippen LogP contribution >= 0.6 is 0 Å². The van der Waals surface area contributed by atoms with Gasteiger partial charge in [0.05, 0.1) is 6.04 Å². The minimum absolute atomic E-state index is 0.132. The Hall–Kier alpha value is -2.56. The molecule has 0 aliphatic carbocycles. The molecule has 1 aliphatic heterocycles. The van der Waals surface area contributed by atoms with Crippen LogP contribution in [-0.2, 0) is 4.79 Å². The zero-order valence-corrected chi connectivity index (χ0v) is 12.1. The van der Waals surface area contributed by atoms with E-state index >= 15 is 0 Å². The smallest absolute Gasteiger partial charge is 0.265 e. The van der Waals surface area contributed by atoms with Crippen molar-refractivity contribution in [3.05, 3.63) is 59.9 Å². The number of rotatable bonds is 3. The fourth-order valence-electron chi connectivity index (χ4n) is 2.36. The van der Waals surface area contributed by atoms with Crippen LogP contribution in [0.5, 0.6) is 11.5 Å². The van der Waals surface area contributed by atoms with Crippen LogP contribution in [0.1, 0.15) is 18.5 Å². The largest absolute Gasteiger partial charge is 0.485 e. The van der Waals surface area contributed by atoms with E-state index in [9.17, 15) is 9.18 Å². The molecule has 114 valence electrons. The Bertz CT molecular complexity index is 689. The third-order valence-corrected chi connectivity index (χ3v) is 3.53. The number of fused-ring (bicyclic) bond motifs is 1. The Kier molecular flexibility index (Phi) is 3.96. The molecule has 0 bridgehead atoms. The second-order valence-corrected chi connectivity index (χ2v) is 5.12. The van der Waals surface area contributed by atoms with Gasteiger partial charge in [0.2, 0.25) is 6.10 Å². The maximum Gasteiger partial charge on any atom is 0.265 e. The van der Waals surface area contributed by atoms with Gasteiger partial charge in [0, 0.05) is 5.56 Å². The standard InChI is InChI=1S/C17H16FNO3/c1-11(12-6-2-3-7-13(12)18)19-17(20)16-10-21-14-8-4-5-9-15(14)22-16/h2-9,11,16H,10H2,1H3,(H,19,20)/t11-,16-/m1/s1. The van der Waals surface area contributed by atoms with Gasteiger partial charge in [-0.2, -0.15) is 0 Å². The van der Waals surface area contributed by atoms with E-state index in [1.165, 1.54) is 6.07 Å². The Morgan fingerprint density at radius 2 is 1.86 bits per heavy atom. The number of halogens is 1. The molecule has 0 aromatic heterocycles. The first-order valence-electron chi connectivity index (χ1n) is 7.08. The van der Waals surface area contributed by atoms with Crippen molar-refractivity contribution in [1.82, 2.24) is 5.32 Å². The summed E-state index contributed by atoms with van der Waals surface area (Å²) in [6, 6.07) is 13.1. The Balaban J connectivity index is 1.67. The highest BCUT2D eigenvalue weighted by Crippen LogP contribution is 2.31. The lowest BCUT2D eigenvalue weighted by atomic mass is 10.1. The lowest BCUT2D eigenvalue weighted by Gasteiger charge is -2.26. The highest BCUT2D eigenvalue weighted by Gasteiger charge is 2.28. The number of hydrogen-bond donors (Lipinski definition) is 1. The summed E-state index contributed by atoms with van der Waals surface area (Å²) in [7, 11) is 0. The lowest BCUT2D eigenvalue weighted by molar-refractivity contribution is -0.131. The SMILES string of the molecule is C[C@@H](NC(=O)[C@H]1COc2ccccc2O1)c1ccccc1F. The van der Waals surface area contributed by atoms with Gasteiger partial charge in [-0.05, 0) is 25.1 Å². The summed E-state index contributed by atoms with van der Waals surface area (Å²) in [5.74, 6) is 0.480. The van der Waals surface area contributed by atoms with E-state index in [1.54, 1.807) is 37.3 Å². The summed E-state index contributed by atoms with van der Waals surface area (Å²) in [4.78, 5) is 12.3. The lowest BCUT2D eigenvalue weighted by Crippen LogP contribution is -2.44. The molecule has 2 aromatic rings. The van der Waals surface area contributed by atoms with Crippen molar-refractivity contribution in [2.24, 2.45) is 0 Å². The summed E-state index contributed by atoms with van der Waals surface area (Å²) < 4.78 is 24.9. The van der Waals surface area contributed by atoms with Gasteiger partial charge < -0.3 is 14.8 Å². The van der Waals surface area contributed by atoms with Crippen LogP contribution in [0, 0.1) is 5.82 Å². The number of carbonyl (C=O) groups excluding carboxylic acids is 1. The Morgan fingerprint density at radius 1 is 1.18 bits per heavy atom. The summed E-state index contributed by atoms with van der Waals surface area (Å²) >= 11 is 0. The molecule has 0 fully saturated rings. The molecule has 1 aliphatic rings. The number of ether oxygens (including phenoxy) is 2. The molecule has 0 saturated carbocycles. The third-order valence-electron chi connectivity index (χ3n) is 3.53. The molecule has 22 heavy (non-hydrogen) atoms. The normalized spacial score (nSPS) is 17.6. The summed E-state index contributed by atoms with van der Waals surface area (Å²) in [6.07, 6.45) is -0.746. The highest BCUT2D eigenvalue weighted by atomic mass is 19.1. The van der Waals surface area contributed by atoms with Gasteiger partial charge in [-0.1, -0.05) is 30.3 Å². The summed E-state index contributed by atoms with van der Waals surface area (Å²) in [5, 5.41) is 2.75. The van der Waals surface area contributed by atoms with Crippen LogP contribution in [-0.4, -0.2) is 18.6 Å². The number of hydrogen-bond acceptors (Lipinski definition) is 3. The van der Waals surface area contributed by atoms with E-state index in [1.807, 2.05) is 12.1 Å². The summed E-state index contributed by atoms with van der Waals surface area (Å²) in [6.45, 7) is 1.86. The van der Waals surface area contributed by atoms with E-state index in [0.717, 1.165) is 0 Å². The molecular weight excluding hydrogens is 285 g/mol. The fraction of sp³-hybridized carbons (Fsp3) is 0.235. The summed E-state index contributed by atoms with van der Waals surface area (Å²) in [5.41, 5.74) is 0.438. The van der Waals surface area contributed by atoms with Gasteiger partial charge in [0.1, 0.15) is 12.4 Å². The van der Waals surface area contributed by atoms with Gasteiger partial charge in [-0.3, -0.25) is 4.79 Å². The van der Waals surface area contributed by atoms with E-state index in [2.05, 4.69) is 5.32 Å². The van der Waals surface area contributed by atoms with Gasteiger partial charge >= 0.3 is 0 Å². The first kappa shape index (κ1) is 14.4. The molecule has 4 nitrogen and oxygen atoms in total. The van der Waals surface area contributed by atoms with Crippen molar-refractivity contribution in [3.8, 4) is 11.5 Å². The third kappa shape index (κ3) is 2.88. The van der Waals surface area contributed by atoms with Crippen molar-refractivity contribution >= 4 is 5.91 Å². The molecular formula is C17H16FNO3. The second kappa shape index (κ2) is 6.05. The van der Waals surface area contributed by atoms with Crippen molar-refractivity contribution < 1.29 is 18.7 Å². The number of carbonyl (C=O) groups is 1. The molecule has 5 heteroatoms. The number of amides is 1. The van der Waals surface area contributed by atoms with Crippen LogP contribution in [0.25, 0.3) is 0 Å².